The van der Waals surface area contributed by atoms with Gasteiger partial charge in [0.2, 0.25) is 0 Å². The van der Waals surface area contributed by atoms with Crippen LogP contribution in [0.1, 0.15) is 22.3 Å². The van der Waals surface area contributed by atoms with Crippen LogP contribution < -0.4 is 10.1 Å². The molecule has 1 aliphatic heterocycles. The highest BCUT2D eigenvalue weighted by atomic mass is 35.5. The molecular formula is C17H13Cl2NO4. The number of nitrogens with one attached hydrogen (secondary N) is 1. The lowest BCUT2D eigenvalue weighted by Crippen LogP contribution is -2.36. The van der Waals surface area contributed by atoms with E-state index in [9.17, 15) is 14.7 Å². The molecule has 24 heavy (non-hydrogen) atoms. The first-order chi connectivity index (χ1) is 11.3. The second-order valence-corrected chi connectivity index (χ2v) is 6.30. The lowest BCUT2D eigenvalue weighted by atomic mass is 9.88. The van der Waals surface area contributed by atoms with E-state index in [4.69, 9.17) is 27.9 Å². The van der Waals surface area contributed by atoms with E-state index in [1.54, 1.807) is 24.3 Å². The fourth-order valence-corrected chi connectivity index (χ4v) is 3.36. The molecule has 3 rings (SSSR count). The zero-order valence-corrected chi connectivity index (χ0v) is 14.1. The maximum atomic E-state index is 12.5. The average molecular weight is 366 g/mol. The Morgan fingerprint density at radius 3 is 2.54 bits per heavy atom. The Morgan fingerprint density at radius 2 is 1.92 bits per heavy atom. The molecule has 1 atom stereocenters. The third-order valence-corrected chi connectivity index (χ3v) is 4.44. The molecule has 124 valence electrons. The van der Waals surface area contributed by atoms with E-state index in [0.29, 0.717) is 22.0 Å². The molecule has 0 saturated carbocycles. The molecule has 2 aromatic rings. The van der Waals surface area contributed by atoms with E-state index in [0.717, 1.165) is 0 Å². The van der Waals surface area contributed by atoms with Crippen molar-refractivity contribution < 1.29 is 19.4 Å². The van der Waals surface area contributed by atoms with Gasteiger partial charge in [0.15, 0.2) is 11.4 Å². The summed E-state index contributed by atoms with van der Waals surface area (Å²) in [6.45, 7) is 0. The second kappa shape index (κ2) is 6.09. The number of carbonyl (C=O) groups excluding carboxylic acids is 2. The topological polar surface area (TPSA) is 75.6 Å². The number of anilines is 1. The first kappa shape index (κ1) is 16.8. The van der Waals surface area contributed by atoms with Crippen LogP contribution >= 0.6 is 23.2 Å². The fourth-order valence-electron chi connectivity index (χ4n) is 2.71. The first-order valence-electron chi connectivity index (χ1n) is 7.06. The van der Waals surface area contributed by atoms with Crippen LogP contribution in [-0.4, -0.2) is 23.9 Å². The van der Waals surface area contributed by atoms with Crippen molar-refractivity contribution in [1.29, 1.82) is 0 Å². The van der Waals surface area contributed by atoms with Gasteiger partial charge in [-0.05, 0) is 36.4 Å². The molecule has 0 saturated heterocycles. The summed E-state index contributed by atoms with van der Waals surface area (Å²) in [5.74, 6) is -0.496. The Labute approximate surface area is 148 Å². The molecule has 0 aromatic heterocycles. The van der Waals surface area contributed by atoms with Crippen molar-refractivity contribution in [2.45, 2.75) is 12.0 Å². The van der Waals surface area contributed by atoms with E-state index in [1.807, 2.05) is 0 Å². The number of ether oxygens (including phenoxy) is 1. The zero-order chi connectivity index (χ0) is 17.5. The van der Waals surface area contributed by atoms with Gasteiger partial charge in [-0.15, -0.1) is 0 Å². The molecule has 2 aromatic carbocycles. The number of methoxy groups -OCH3 is 1. The Bertz CT molecular complexity index is 835. The van der Waals surface area contributed by atoms with Crippen molar-refractivity contribution in [2.75, 3.05) is 12.4 Å². The molecule has 2 N–H and O–H groups in total. The Morgan fingerprint density at radius 1 is 1.25 bits per heavy atom. The number of hydrogen-bond donors (Lipinski definition) is 2. The van der Waals surface area contributed by atoms with Crippen molar-refractivity contribution in [3.8, 4) is 5.75 Å². The van der Waals surface area contributed by atoms with Crippen LogP contribution in [0.25, 0.3) is 0 Å². The van der Waals surface area contributed by atoms with Crippen LogP contribution in [0, 0.1) is 0 Å². The molecule has 0 radical (unpaired) electrons. The number of carbonyl (C=O) groups is 2. The lowest BCUT2D eigenvalue weighted by Gasteiger charge is -2.21. The second-order valence-electron chi connectivity index (χ2n) is 5.45. The first-order valence-corrected chi connectivity index (χ1v) is 7.81. The standard InChI is InChI=1S/C17H13Cl2NO4/c1-24-11-4-2-9(3-5-11)14(21)8-17(23)15-12(19)6-10(18)7-13(15)20-16(17)22/h2-7,23H,8H2,1H3,(H,20,22)/t17-/m1/s1. The summed E-state index contributed by atoms with van der Waals surface area (Å²) in [7, 11) is 1.52. The van der Waals surface area contributed by atoms with E-state index in [-0.39, 0.29) is 10.6 Å². The number of hydrogen-bond acceptors (Lipinski definition) is 4. The van der Waals surface area contributed by atoms with Gasteiger partial charge in [0, 0.05) is 16.1 Å². The molecule has 1 aliphatic rings. The minimum Gasteiger partial charge on any atom is -0.497 e. The van der Waals surface area contributed by atoms with Gasteiger partial charge < -0.3 is 15.2 Å². The number of benzene rings is 2. The highest BCUT2D eigenvalue weighted by Crippen LogP contribution is 2.44. The van der Waals surface area contributed by atoms with Gasteiger partial charge in [-0.2, -0.15) is 0 Å². The summed E-state index contributed by atoms with van der Waals surface area (Å²) in [5, 5.41) is 13.8. The minimum absolute atomic E-state index is 0.126. The van der Waals surface area contributed by atoms with Gasteiger partial charge in [-0.1, -0.05) is 23.2 Å². The van der Waals surface area contributed by atoms with Crippen molar-refractivity contribution in [3.05, 3.63) is 57.6 Å². The fraction of sp³-hybridized carbons (Fsp3) is 0.176. The Kier molecular flexibility index (Phi) is 4.25. The average Bonchev–Trinajstić information content (AvgIpc) is 2.77. The zero-order valence-electron chi connectivity index (χ0n) is 12.6. The summed E-state index contributed by atoms with van der Waals surface area (Å²) in [6.07, 6.45) is -0.431. The minimum atomic E-state index is -2.03. The molecule has 1 amide bonds. The van der Waals surface area contributed by atoms with Crippen LogP contribution in [0.4, 0.5) is 5.69 Å². The van der Waals surface area contributed by atoms with E-state index in [2.05, 4.69) is 5.32 Å². The van der Waals surface area contributed by atoms with Gasteiger partial charge in [0.1, 0.15) is 5.75 Å². The SMILES string of the molecule is COc1ccc(C(=O)C[C@]2(O)C(=O)Nc3cc(Cl)cc(Cl)c32)cc1. The molecule has 0 unspecified atom stereocenters. The van der Waals surface area contributed by atoms with Gasteiger partial charge in [-0.25, -0.2) is 0 Å². The smallest absolute Gasteiger partial charge is 0.261 e. The predicted molar refractivity (Wildman–Crippen MR) is 90.9 cm³/mol. The van der Waals surface area contributed by atoms with Crippen molar-refractivity contribution >= 4 is 40.6 Å². The molecule has 0 fully saturated rings. The van der Waals surface area contributed by atoms with Crippen LogP contribution in [0.3, 0.4) is 0 Å². The third kappa shape index (κ3) is 2.75. The van der Waals surface area contributed by atoms with Crippen LogP contribution in [0.5, 0.6) is 5.75 Å². The number of rotatable bonds is 4. The molecular weight excluding hydrogens is 353 g/mol. The van der Waals surface area contributed by atoms with Gasteiger partial charge in [0.25, 0.3) is 5.91 Å². The maximum Gasteiger partial charge on any atom is 0.261 e. The van der Waals surface area contributed by atoms with Crippen molar-refractivity contribution in [1.82, 2.24) is 0 Å². The highest BCUT2D eigenvalue weighted by Gasteiger charge is 2.48. The summed E-state index contributed by atoms with van der Waals surface area (Å²) < 4.78 is 5.04. The monoisotopic (exact) mass is 365 g/mol. The third-order valence-electron chi connectivity index (χ3n) is 3.92. The number of Topliss-reactive ketones (excluding diaryl/α,β-unsaturated/α-hetero) is 1. The summed E-state index contributed by atoms with van der Waals surface area (Å²) in [4.78, 5) is 24.7. The normalized spacial score (nSPS) is 18.9. The predicted octanol–water partition coefficient (Wildman–Crippen LogP) is 3.41. The van der Waals surface area contributed by atoms with Gasteiger partial charge in [-0.3, -0.25) is 9.59 Å². The van der Waals surface area contributed by atoms with Crippen molar-refractivity contribution in [3.63, 3.8) is 0 Å². The molecule has 7 heteroatoms. The molecule has 5 nitrogen and oxygen atoms in total. The summed E-state index contributed by atoms with van der Waals surface area (Å²) in [6, 6.07) is 9.31. The van der Waals surface area contributed by atoms with E-state index < -0.39 is 23.7 Å². The molecule has 0 aliphatic carbocycles. The van der Waals surface area contributed by atoms with Gasteiger partial charge in [0.05, 0.1) is 24.2 Å². The quantitative estimate of drug-likeness (QED) is 0.814. The van der Waals surface area contributed by atoms with E-state index in [1.165, 1.54) is 19.2 Å². The molecule has 1 heterocycles. The lowest BCUT2D eigenvalue weighted by molar-refractivity contribution is -0.133. The summed E-state index contributed by atoms with van der Waals surface area (Å²) in [5.41, 5.74) is -1.20. The summed E-state index contributed by atoms with van der Waals surface area (Å²) >= 11 is 12.0. The van der Waals surface area contributed by atoms with Crippen LogP contribution in [-0.2, 0) is 10.4 Å². The van der Waals surface area contributed by atoms with E-state index >= 15 is 0 Å². The largest absolute Gasteiger partial charge is 0.497 e. The van der Waals surface area contributed by atoms with Crippen LogP contribution in [0.15, 0.2) is 36.4 Å². The maximum absolute atomic E-state index is 12.5. The molecule has 0 bridgehead atoms. The number of amides is 1. The highest BCUT2D eigenvalue weighted by molar-refractivity contribution is 6.36. The molecule has 0 spiro atoms. The number of fused-ring (bicyclic) bond motifs is 1. The van der Waals surface area contributed by atoms with Gasteiger partial charge >= 0.3 is 0 Å². The number of ketones is 1. The van der Waals surface area contributed by atoms with Crippen molar-refractivity contribution in [2.24, 2.45) is 0 Å². The number of aliphatic hydroxyl groups is 1. The Hall–Kier alpha value is -2.08. The Balaban J connectivity index is 1.94. The number of halogens is 2. The van der Waals surface area contributed by atoms with Crippen LogP contribution in [0.2, 0.25) is 10.0 Å².